The van der Waals surface area contributed by atoms with Crippen molar-refractivity contribution >= 4 is 29.3 Å². The molecule has 0 aliphatic heterocycles. The molecule has 2 nitrogen and oxygen atoms in total. The lowest BCUT2D eigenvalue weighted by atomic mass is 10.2. The monoisotopic (exact) mass is 291 g/mol. The van der Waals surface area contributed by atoms with Crippen molar-refractivity contribution in [1.29, 1.82) is 0 Å². The van der Waals surface area contributed by atoms with E-state index in [1.807, 2.05) is 54.6 Å². The lowest BCUT2D eigenvalue weighted by Gasteiger charge is -2.06. The molecular weight excluding hydrogens is 278 g/mol. The summed E-state index contributed by atoms with van der Waals surface area (Å²) in [4.78, 5) is 12.7. The Labute approximate surface area is 122 Å². The molecule has 2 aromatic rings. The fourth-order valence-corrected chi connectivity index (χ4v) is 2.62. The maximum atomic E-state index is 11.7. The highest BCUT2D eigenvalue weighted by Gasteiger charge is 2.05. The van der Waals surface area contributed by atoms with Crippen LogP contribution in [0.5, 0.6) is 0 Å². The maximum absolute atomic E-state index is 11.7. The van der Waals surface area contributed by atoms with Crippen molar-refractivity contribution in [2.75, 3.05) is 5.75 Å². The topological polar surface area (TPSA) is 29.1 Å². The van der Waals surface area contributed by atoms with Crippen LogP contribution >= 0.6 is 23.4 Å². The van der Waals surface area contributed by atoms with Gasteiger partial charge in [-0.15, -0.1) is 11.8 Å². The molecule has 2 aromatic carbocycles. The molecule has 2 rings (SSSR count). The Bertz CT molecular complexity index is 545. The number of nitrogens with one attached hydrogen (secondary N) is 1. The van der Waals surface area contributed by atoms with Crippen LogP contribution in [-0.4, -0.2) is 11.7 Å². The van der Waals surface area contributed by atoms with Gasteiger partial charge in [0.25, 0.3) is 0 Å². The molecule has 0 aromatic heterocycles. The predicted octanol–water partition coefficient (Wildman–Crippen LogP) is 3.75. The van der Waals surface area contributed by atoms with E-state index in [0.29, 0.717) is 17.3 Å². The van der Waals surface area contributed by atoms with E-state index in [4.69, 9.17) is 11.6 Å². The first-order valence-electron chi connectivity index (χ1n) is 5.93. The summed E-state index contributed by atoms with van der Waals surface area (Å²) in [6.07, 6.45) is 0. The second-order valence-electron chi connectivity index (χ2n) is 3.98. The lowest BCUT2D eigenvalue weighted by molar-refractivity contribution is -0.118. The Hall–Kier alpha value is -1.45. The van der Waals surface area contributed by atoms with E-state index in [1.165, 1.54) is 11.8 Å². The molecule has 98 valence electrons. The quantitative estimate of drug-likeness (QED) is 0.850. The summed E-state index contributed by atoms with van der Waals surface area (Å²) in [7, 11) is 0. The van der Waals surface area contributed by atoms with Gasteiger partial charge >= 0.3 is 0 Å². The molecule has 0 unspecified atom stereocenters. The third-order valence-electron chi connectivity index (χ3n) is 2.53. The normalized spacial score (nSPS) is 10.2. The number of benzene rings is 2. The van der Waals surface area contributed by atoms with Crippen molar-refractivity contribution in [2.24, 2.45) is 0 Å². The van der Waals surface area contributed by atoms with Crippen LogP contribution < -0.4 is 5.32 Å². The number of carbonyl (C=O) groups excluding carboxylic acids is 1. The van der Waals surface area contributed by atoms with Gasteiger partial charge in [0.2, 0.25) is 5.91 Å². The van der Waals surface area contributed by atoms with E-state index in [-0.39, 0.29) is 5.91 Å². The van der Waals surface area contributed by atoms with E-state index in [9.17, 15) is 4.79 Å². The predicted molar refractivity (Wildman–Crippen MR) is 80.5 cm³/mol. The minimum absolute atomic E-state index is 0.00812. The molecule has 0 fully saturated rings. The summed E-state index contributed by atoms with van der Waals surface area (Å²) in [5, 5.41) is 3.57. The number of rotatable bonds is 5. The average Bonchev–Trinajstić information content (AvgIpc) is 2.45. The zero-order valence-electron chi connectivity index (χ0n) is 10.3. The molecule has 0 heterocycles. The van der Waals surface area contributed by atoms with Crippen molar-refractivity contribution in [3.63, 3.8) is 0 Å². The maximum Gasteiger partial charge on any atom is 0.230 e. The summed E-state index contributed by atoms with van der Waals surface area (Å²) >= 11 is 7.47. The van der Waals surface area contributed by atoms with Gasteiger partial charge in [0.05, 0.1) is 10.8 Å². The molecular formula is C15H14ClNOS. The minimum atomic E-state index is 0.00812. The van der Waals surface area contributed by atoms with Gasteiger partial charge in [-0.05, 0) is 17.7 Å². The first kappa shape index (κ1) is 14.0. The SMILES string of the molecule is O=C(CSc1ccccc1Cl)NCc1ccccc1. The summed E-state index contributed by atoms with van der Waals surface area (Å²) in [6, 6.07) is 17.4. The van der Waals surface area contributed by atoms with Crippen molar-refractivity contribution in [3.05, 3.63) is 65.2 Å². The van der Waals surface area contributed by atoms with Gasteiger partial charge in [0, 0.05) is 11.4 Å². The van der Waals surface area contributed by atoms with Crippen LogP contribution in [0.25, 0.3) is 0 Å². The minimum Gasteiger partial charge on any atom is -0.351 e. The standard InChI is InChI=1S/C15H14ClNOS/c16-13-8-4-5-9-14(13)19-11-15(18)17-10-12-6-2-1-3-7-12/h1-9H,10-11H2,(H,17,18). The van der Waals surface area contributed by atoms with Crippen LogP contribution in [0.15, 0.2) is 59.5 Å². The Balaban J connectivity index is 1.78. The van der Waals surface area contributed by atoms with Crippen LogP contribution in [0.3, 0.4) is 0 Å². The Morgan fingerprint density at radius 1 is 1.05 bits per heavy atom. The van der Waals surface area contributed by atoms with Gasteiger partial charge in [0.1, 0.15) is 0 Å². The van der Waals surface area contributed by atoms with Crippen molar-refractivity contribution in [2.45, 2.75) is 11.4 Å². The summed E-state index contributed by atoms with van der Waals surface area (Å²) in [6.45, 7) is 0.558. The highest BCUT2D eigenvalue weighted by molar-refractivity contribution is 8.00. The summed E-state index contributed by atoms with van der Waals surface area (Å²) in [5.74, 6) is 0.380. The van der Waals surface area contributed by atoms with Crippen LogP contribution in [0.1, 0.15) is 5.56 Å². The second kappa shape index (κ2) is 7.22. The van der Waals surface area contributed by atoms with Gasteiger partial charge in [-0.1, -0.05) is 54.1 Å². The average molecular weight is 292 g/mol. The van der Waals surface area contributed by atoms with Crippen LogP contribution in [0, 0.1) is 0 Å². The molecule has 19 heavy (non-hydrogen) atoms. The van der Waals surface area contributed by atoms with Crippen molar-refractivity contribution in [1.82, 2.24) is 5.32 Å². The first-order valence-corrected chi connectivity index (χ1v) is 7.30. The Kier molecular flexibility index (Phi) is 5.31. The van der Waals surface area contributed by atoms with E-state index in [1.54, 1.807) is 0 Å². The fourth-order valence-electron chi connectivity index (χ4n) is 1.55. The van der Waals surface area contributed by atoms with E-state index in [0.717, 1.165) is 10.5 Å². The zero-order chi connectivity index (χ0) is 13.5. The molecule has 1 amide bonds. The number of amides is 1. The number of hydrogen-bond donors (Lipinski definition) is 1. The molecule has 0 radical (unpaired) electrons. The number of halogens is 1. The molecule has 0 saturated carbocycles. The molecule has 0 bridgehead atoms. The van der Waals surface area contributed by atoms with Crippen molar-refractivity contribution < 1.29 is 4.79 Å². The van der Waals surface area contributed by atoms with Crippen LogP contribution in [-0.2, 0) is 11.3 Å². The number of hydrogen-bond acceptors (Lipinski definition) is 2. The fraction of sp³-hybridized carbons (Fsp3) is 0.133. The molecule has 0 aliphatic rings. The van der Waals surface area contributed by atoms with Crippen molar-refractivity contribution in [3.8, 4) is 0 Å². The first-order chi connectivity index (χ1) is 9.25. The molecule has 0 atom stereocenters. The van der Waals surface area contributed by atoms with E-state index >= 15 is 0 Å². The third kappa shape index (κ3) is 4.62. The number of carbonyl (C=O) groups is 1. The van der Waals surface area contributed by atoms with Gasteiger partial charge in [0.15, 0.2) is 0 Å². The smallest absolute Gasteiger partial charge is 0.230 e. The van der Waals surface area contributed by atoms with Gasteiger partial charge in [-0.2, -0.15) is 0 Å². The zero-order valence-corrected chi connectivity index (χ0v) is 11.9. The summed E-state index contributed by atoms with van der Waals surface area (Å²) in [5.41, 5.74) is 1.10. The van der Waals surface area contributed by atoms with Gasteiger partial charge < -0.3 is 5.32 Å². The Morgan fingerprint density at radius 2 is 1.74 bits per heavy atom. The molecule has 0 saturated heterocycles. The lowest BCUT2D eigenvalue weighted by Crippen LogP contribution is -2.24. The van der Waals surface area contributed by atoms with Crippen LogP contribution in [0.4, 0.5) is 0 Å². The number of thioether (sulfide) groups is 1. The third-order valence-corrected chi connectivity index (χ3v) is 4.04. The van der Waals surface area contributed by atoms with Gasteiger partial charge in [-0.3, -0.25) is 4.79 Å². The highest BCUT2D eigenvalue weighted by Crippen LogP contribution is 2.26. The highest BCUT2D eigenvalue weighted by atomic mass is 35.5. The van der Waals surface area contributed by atoms with Gasteiger partial charge in [-0.25, -0.2) is 0 Å². The molecule has 0 spiro atoms. The molecule has 0 aliphatic carbocycles. The van der Waals surface area contributed by atoms with Crippen LogP contribution in [0.2, 0.25) is 5.02 Å². The second-order valence-corrected chi connectivity index (χ2v) is 5.41. The molecule has 1 N–H and O–H groups in total. The summed E-state index contributed by atoms with van der Waals surface area (Å²) < 4.78 is 0. The largest absolute Gasteiger partial charge is 0.351 e. The van der Waals surface area contributed by atoms with E-state index < -0.39 is 0 Å². The van der Waals surface area contributed by atoms with E-state index in [2.05, 4.69) is 5.32 Å². The Morgan fingerprint density at radius 3 is 2.47 bits per heavy atom. The molecule has 4 heteroatoms.